The van der Waals surface area contributed by atoms with Crippen LogP contribution in [0, 0.1) is 0 Å². The molecule has 20 heavy (non-hydrogen) atoms. The predicted octanol–water partition coefficient (Wildman–Crippen LogP) is 0.824. The first-order chi connectivity index (χ1) is 9.61. The number of aromatic nitrogens is 3. The summed E-state index contributed by atoms with van der Waals surface area (Å²) >= 11 is 0. The van der Waals surface area contributed by atoms with Crippen molar-refractivity contribution in [2.45, 2.75) is 13.1 Å². The van der Waals surface area contributed by atoms with Gasteiger partial charge < -0.3 is 4.57 Å². The van der Waals surface area contributed by atoms with Gasteiger partial charge in [-0.3, -0.25) is 9.88 Å². The molecule has 0 saturated heterocycles. The van der Waals surface area contributed by atoms with E-state index in [2.05, 4.69) is 35.1 Å². The van der Waals surface area contributed by atoms with Gasteiger partial charge in [0.15, 0.2) is 0 Å². The summed E-state index contributed by atoms with van der Waals surface area (Å²) in [6, 6.07) is 5.95. The van der Waals surface area contributed by atoms with Gasteiger partial charge in [-0.15, -0.1) is 0 Å². The normalized spacial score (nSPS) is 12.1. The Bertz CT molecular complexity index is 685. The molecule has 0 spiro atoms. The van der Waals surface area contributed by atoms with Crippen molar-refractivity contribution < 1.29 is 0 Å². The second-order valence-electron chi connectivity index (χ2n) is 4.81. The van der Waals surface area contributed by atoms with Crippen LogP contribution in [0.3, 0.4) is 0 Å². The van der Waals surface area contributed by atoms with Crippen LogP contribution < -0.4 is 10.7 Å². The number of pyridine rings is 1. The molecule has 0 aliphatic carbocycles. The Morgan fingerprint density at radius 2 is 2.15 bits per heavy atom. The smallest absolute Gasteiger partial charge is 0.123 e. The lowest BCUT2D eigenvalue weighted by Gasteiger charge is -2.15. The van der Waals surface area contributed by atoms with Gasteiger partial charge in [0, 0.05) is 19.8 Å². The van der Waals surface area contributed by atoms with Crippen LogP contribution >= 0.6 is 0 Å². The quantitative estimate of drug-likeness (QED) is 0.805. The third kappa shape index (κ3) is 3.22. The Kier molecular flexibility index (Phi) is 4.48. The first kappa shape index (κ1) is 14.2. The van der Waals surface area contributed by atoms with E-state index in [4.69, 9.17) is 0 Å². The summed E-state index contributed by atoms with van der Waals surface area (Å²) in [5.41, 5.74) is 1.05. The Morgan fingerprint density at radius 1 is 1.35 bits per heavy atom. The molecule has 2 aromatic rings. The molecule has 0 fully saturated rings. The summed E-state index contributed by atoms with van der Waals surface area (Å²) in [4.78, 5) is 11.1. The fourth-order valence-electron chi connectivity index (χ4n) is 2.06. The molecular formula is C16H20N4. The Hall–Kier alpha value is -2.20. The lowest BCUT2D eigenvalue weighted by Crippen LogP contribution is -2.27. The van der Waals surface area contributed by atoms with Crippen LogP contribution in [0.5, 0.6) is 0 Å². The third-order valence-corrected chi connectivity index (χ3v) is 3.18. The predicted molar refractivity (Wildman–Crippen MR) is 82.1 cm³/mol. The molecule has 104 valence electrons. The number of imidazole rings is 1. The van der Waals surface area contributed by atoms with Crippen LogP contribution in [0.2, 0.25) is 0 Å². The zero-order valence-corrected chi connectivity index (χ0v) is 12.1. The molecule has 2 rings (SSSR count). The number of rotatable bonds is 5. The van der Waals surface area contributed by atoms with Crippen molar-refractivity contribution in [1.29, 1.82) is 0 Å². The Morgan fingerprint density at radius 3 is 2.80 bits per heavy atom. The molecule has 2 aromatic heterocycles. The van der Waals surface area contributed by atoms with Crippen molar-refractivity contribution in [3.63, 3.8) is 0 Å². The van der Waals surface area contributed by atoms with Gasteiger partial charge in [0.1, 0.15) is 5.82 Å². The van der Waals surface area contributed by atoms with Crippen molar-refractivity contribution in [1.82, 2.24) is 19.4 Å². The first-order valence-corrected chi connectivity index (χ1v) is 6.53. The average Bonchev–Trinajstić information content (AvgIpc) is 2.69. The SMILES string of the molecule is C=C/C=c1/nc(CN(C)Cc2ccccn2)n(C)c1=C. The molecule has 0 N–H and O–H groups in total. The molecule has 0 aliphatic rings. The lowest BCUT2D eigenvalue weighted by molar-refractivity contribution is 0.303. The van der Waals surface area contributed by atoms with Gasteiger partial charge in [0.25, 0.3) is 0 Å². The number of allylic oxidation sites excluding steroid dienone is 1. The highest BCUT2D eigenvalue weighted by Gasteiger charge is 2.07. The Labute approximate surface area is 119 Å². The van der Waals surface area contributed by atoms with Crippen molar-refractivity contribution in [3.05, 3.63) is 59.3 Å². The fourth-order valence-corrected chi connectivity index (χ4v) is 2.06. The summed E-state index contributed by atoms with van der Waals surface area (Å²) in [7, 11) is 4.04. The first-order valence-electron chi connectivity index (χ1n) is 6.53. The van der Waals surface area contributed by atoms with Gasteiger partial charge in [-0.1, -0.05) is 25.3 Å². The zero-order chi connectivity index (χ0) is 14.5. The summed E-state index contributed by atoms with van der Waals surface area (Å²) in [6.45, 7) is 9.29. The van der Waals surface area contributed by atoms with Gasteiger partial charge in [-0.25, -0.2) is 4.98 Å². The number of nitrogens with zero attached hydrogens (tertiary/aromatic N) is 4. The molecule has 2 heterocycles. The Balaban J connectivity index is 2.14. The number of hydrogen-bond donors (Lipinski definition) is 0. The average molecular weight is 268 g/mol. The van der Waals surface area contributed by atoms with Gasteiger partial charge in [-0.2, -0.15) is 0 Å². The highest BCUT2D eigenvalue weighted by atomic mass is 15.2. The highest BCUT2D eigenvalue weighted by Crippen LogP contribution is 2.02. The molecule has 0 aliphatic heterocycles. The molecule has 0 saturated carbocycles. The van der Waals surface area contributed by atoms with E-state index in [-0.39, 0.29) is 0 Å². The standard InChI is InChI=1S/C16H20N4/c1-5-8-15-13(2)20(4)16(18-15)12-19(3)11-14-9-6-7-10-17-14/h5-10H,1-2,11-12H2,3-4H3/b15-8+. The van der Waals surface area contributed by atoms with Gasteiger partial charge in [0.2, 0.25) is 0 Å². The van der Waals surface area contributed by atoms with Crippen LogP contribution in [0.25, 0.3) is 12.7 Å². The topological polar surface area (TPSA) is 34.0 Å². The van der Waals surface area contributed by atoms with E-state index < -0.39 is 0 Å². The summed E-state index contributed by atoms with van der Waals surface area (Å²) in [6.07, 6.45) is 5.43. The molecule has 0 atom stereocenters. The fraction of sp³-hybridized carbons (Fsp3) is 0.250. The summed E-state index contributed by atoms with van der Waals surface area (Å²) in [5, 5.41) is 1.79. The van der Waals surface area contributed by atoms with E-state index in [1.165, 1.54) is 0 Å². The molecular weight excluding hydrogens is 248 g/mol. The van der Waals surface area contributed by atoms with Crippen molar-refractivity contribution in [2.24, 2.45) is 7.05 Å². The van der Waals surface area contributed by atoms with Crippen molar-refractivity contribution in [2.75, 3.05) is 7.05 Å². The summed E-state index contributed by atoms with van der Waals surface area (Å²) < 4.78 is 2.02. The maximum Gasteiger partial charge on any atom is 0.123 e. The van der Waals surface area contributed by atoms with Crippen LogP contribution in [-0.2, 0) is 20.1 Å². The molecule has 0 bridgehead atoms. The second-order valence-corrected chi connectivity index (χ2v) is 4.81. The molecule has 0 aromatic carbocycles. The van der Waals surface area contributed by atoms with Crippen molar-refractivity contribution >= 4 is 12.7 Å². The molecule has 0 radical (unpaired) electrons. The van der Waals surface area contributed by atoms with E-state index in [0.717, 1.165) is 35.3 Å². The van der Waals surface area contributed by atoms with Gasteiger partial charge in [-0.05, 0) is 25.3 Å². The van der Waals surface area contributed by atoms with Crippen molar-refractivity contribution in [3.8, 4) is 0 Å². The van der Waals surface area contributed by atoms with E-state index in [9.17, 15) is 0 Å². The van der Waals surface area contributed by atoms with E-state index in [1.54, 1.807) is 6.08 Å². The molecule has 0 amide bonds. The minimum absolute atomic E-state index is 0.751. The maximum atomic E-state index is 4.59. The summed E-state index contributed by atoms with van der Waals surface area (Å²) in [5.74, 6) is 0.988. The van der Waals surface area contributed by atoms with E-state index >= 15 is 0 Å². The van der Waals surface area contributed by atoms with Crippen LogP contribution in [0.15, 0.2) is 37.1 Å². The molecule has 4 heteroatoms. The second kappa shape index (κ2) is 6.30. The number of hydrogen-bond acceptors (Lipinski definition) is 3. The monoisotopic (exact) mass is 268 g/mol. The zero-order valence-electron chi connectivity index (χ0n) is 12.1. The van der Waals surface area contributed by atoms with Gasteiger partial charge >= 0.3 is 0 Å². The maximum absolute atomic E-state index is 4.59. The minimum atomic E-state index is 0.751. The van der Waals surface area contributed by atoms with E-state index in [0.29, 0.717) is 0 Å². The minimum Gasteiger partial charge on any atom is -0.331 e. The van der Waals surface area contributed by atoms with Crippen LogP contribution in [0.1, 0.15) is 11.5 Å². The highest BCUT2D eigenvalue weighted by molar-refractivity contribution is 5.33. The molecule has 0 unspecified atom stereocenters. The third-order valence-electron chi connectivity index (χ3n) is 3.18. The van der Waals surface area contributed by atoms with Gasteiger partial charge in [0.05, 0.1) is 22.9 Å². The largest absolute Gasteiger partial charge is 0.331 e. The van der Waals surface area contributed by atoms with E-state index in [1.807, 2.05) is 42.1 Å². The lowest BCUT2D eigenvalue weighted by atomic mass is 10.3. The molecule has 4 nitrogen and oxygen atoms in total. The van der Waals surface area contributed by atoms with Crippen LogP contribution in [-0.4, -0.2) is 26.5 Å². The van der Waals surface area contributed by atoms with Crippen LogP contribution in [0.4, 0.5) is 0 Å².